The molecule has 0 aliphatic heterocycles. The zero-order valence-corrected chi connectivity index (χ0v) is 9.92. The van der Waals surface area contributed by atoms with Gasteiger partial charge in [0.15, 0.2) is 5.75 Å². The Morgan fingerprint density at radius 3 is 2.65 bits per heavy atom. The summed E-state index contributed by atoms with van der Waals surface area (Å²) >= 11 is 5.69. The Labute approximate surface area is 102 Å². The maximum absolute atomic E-state index is 11.3. The lowest BCUT2D eigenvalue weighted by atomic mass is 10.2. The van der Waals surface area contributed by atoms with Gasteiger partial charge in [-0.3, -0.25) is 9.52 Å². The van der Waals surface area contributed by atoms with Crippen molar-refractivity contribution in [2.24, 2.45) is 0 Å². The highest BCUT2D eigenvalue weighted by atomic mass is 35.5. The van der Waals surface area contributed by atoms with Gasteiger partial charge in [0.1, 0.15) is 6.07 Å². The van der Waals surface area contributed by atoms with Crippen molar-refractivity contribution in [2.45, 2.75) is 0 Å². The van der Waals surface area contributed by atoms with Crippen LogP contribution in [0.2, 0.25) is 5.02 Å². The first-order valence-electron chi connectivity index (χ1n) is 4.26. The number of rotatable bonds is 4. The van der Waals surface area contributed by atoms with Gasteiger partial charge in [0.25, 0.3) is 0 Å². The van der Waals surface area contributed by atoms with Crippen LogP contribution in [0.25, 0.3) is 0 Å². The quantitative estimate of drug-likeness (QED) is 0.853. The van der Waals surface area contributed by atoms with Gasteiger partial charge in [-0.15, -0.1) is 0 Å². The fourth-order valence-electron chi connectivity index (χ4n) is 1.05. The van der Waals surface area contributed by atoms with Gasteiger partial charge in [-0.25, -0.2) is 8.42 Å². The molecular formula is C9H7ClN2O4S. The minimum atomic E-state index is -3.96. The van der Waals surface area contributed by atoms with Crippen LogP contribution >= 0.6 is 11.6 Å². The number of carbonyl (C=O) groups is 1. The van der Waals surface area contributed by atoms with Gasteiger partial charge in [0, 0.05) is 0 Å². The number of hydrogen-bond donors (Lipinski definition) is 2. The van der Waals surface area contributed by atoms with Crippen LogP contribution in [-0.2, 0) is 14.8 Å². The van der Waals surface area contributed by atoms with Crippen LogP contribution in [-0.4, -0.2) is 25.2 Å². The minimum Gasteiger partial charge on any atom is -0.480 e. The molecule has 0 saturated carbocycles. The Hall–Kier alpha value is -1.78. The summed E-state index contributed by atoms with van der Waals surface area (Å²) in [7, 11) is -3.96. The number of sulfonamides is 1. The summed E-state index contributed by atoms with van der Waals surface area (Å²) in [4.78, 5) is 10.3. The number of anilines is 1. The van der Waals surface area contributed by atoms with E-state index in [1.165, 1.54) is 18.2 Å². The molecule has 0 radical (unpaired) electrons. The van der Waals surface area contributed by atoms with E-state index >= 15 is 0 Å². The fourth-order valence-corrected chi connectivity index (χ4v) is 2.15. The molecular weight excluding hydrogens is 268 g/mol. The maximum Gasteiger partial charge on any atom is 0.320 e. The number of aliphatic carboxylic acids is 1. The number of nitrogens with one attached hydrogen (secondary N) is 1. The van der Waals surface area contributed by atoms with Crippen molar-refractivity contribution in [1.29, 1.82) is 5.26 Å². The zero-order valence-electron chi connectivity index (χ0n) is 8.34. The first-order valence-corrected chi connectivity index (χ1v) is 6.29. The van der Waals surface area contributed by atoms with E-state index in [-0.39, 0.29) is 16.3 Å². The second-order valence-corrected chi connectivity index (χ2v) is 5.19. The normalized spacial score (nSPS) is 10.6. The van der Waals surface area contributed by atoms with E-state index < -0.39 is 21.7 Å². The molecule has 0 saturated heterocycles. The summed E-state index contributed by atoms with van der Waals surface area (Å²) < 4.78 is 24.6. The molecule has 0 heterocycles. The zero-order chi connectivity index (χ0) is 13.1. The lowest BCUT2D eigenvalue weighted by Crippen LogP contribution is -2.22. The molecule has 0 atom stereocenters. The molecule has 0 fully saturated rings. The Morgan fingerprint density at radius 1 is 1.53 bits per heavy atom. The Kier molecular flexibility index (Phi) is 3.93. The smallest absolute Gasteiger partial charge is 0.320 e. The lowest BCUT2D eigenvalue weighted by Gasteiger charge is -2.06. The summed E-state index contributed by atoms with van der Waals surface area (Å²) in [5.41, 5.74) is 0.308. The highest BCUT2D eigenvalue weighted by Gasteiger charge is 2.15. The minimum absolute atomic E-state index is 0.0861. The topological polar surface area (TPSA) is 107 Å². The largest absolute Gasteiger partial charge is 0.480 e. The van der Waals surface area contributed by atoms with Crippen molar-refractivity contribution in [3.63, 3.8) is 0 Å². The number of carboxylic acids is 1. The Morgan fingerprint density at radius 2 is 2.18 bits per heavy atom. The SMILES string of the molecule is N#Cc1ccc(NS(=O)(=O)CC(=O)O)cc1Cl. The predicted octanol–water partition coefficient (Wildman–Crippen LogP) is 1.04. The van der Waals surface area contributed by atoms with Gasteiger partial charge in [0.05, 0.1) is 16.3 Å². The predicted molar refractivity (Wildman–Crippen MR) is 61.2 cm³/mol. The third kappa shape index (κ3) is 3.94. The van der Waals surface area contributed by atoms with E-state index in [0.717, 1.165) is 0 Å². The number of nitriles is 1. The van der Waals surface area contributed by atoms with Crippen LogP contribution < -0.4 is 4.72 Å². The van der Waals surface area contributed by atoms with Crippen LogP contribution in [0.3, 0.4) is 0 Å². The number of nitrogens with zero attached hydrogens (tertiary/aromatic N) is 1. The average Bonchev–Trinajstić information content (AvgIpc) is 2.14. The molecule has 0 bridgehead atoms. The molecule has 0 aromatic heterocycles. The Balaban J connectivity index is 2.94. The van der Waals surface area contributed by atoms with Crippen LogP contribution in [0.1, 0.15) is 5.56 Å². The second kappa shape index (κ2) is 5.03. The van der Waals surface area contributed by atoms with Crippen LogP contribution in [0.15, 0.2) is 18.2 Å². The van der Waals surface area contributed by atoms with Gasteiger partial charge >= 0.3 is 5.97 Å². The van der Waals surface area contributed by atoms with Crippen LogP contribution in [0.5, 0.6) is 0 Å². The van der Waals surface area contributed by atoms with Crippen molar-refractivity contribution in [1.82, 2.24) is 0 Å². The highest BCUT2D eigenvalue weighted by Crippen LogP contribution is 2.20. The average molecular weight is 275 g/mol. The summed E-state index contributed by atoms with van der Waals surface area (Å²) in [5, 5.41) is 17.1. The molecule has 0 amide bonds. The summed E-state index contributed by atoms with van der Waals surface area (Å²) in [6, 6.07) is 5.71. The van der Waals surface area contributed by atoms with E-state index in [1.54, 1.807) is 0 Å². The summed E-state index contributed by atoms with van der Waals surface area (Å²) in [6.07, 6.45) is 0. The van der Waals surface area contributed by atoms with Gasteiger partial charge in [-0.1, -0.05) is 11.6 Å². The summed E-state index contributed by atoms with van der Waals surface area (Å²) in [6.45, 7) is 0. The molecule has 1 aromatic carbocycles. The molecule has 90 valence electrons. The number of carboxylic acid groups (broad SMARTS) is 1. The summed E-state index contributed by atoms with van der Waals surface area (Å²) in [5.74, 6) is -2.50. The monoisotopic (exact) mass is 274 g/mol. The van der Waals surface area contributed by atoms with E-state index in [0.29, 0.717) is 0 Å². The molecule has 2 N–H and O–H groups in total. The van der Waals surface area contributed by atoms with Crippen molar-refractivity contribution in [2.75, 3.05) is 10.5 Å². The maximum atomic E-state index is 11.3. The standard InChI is InChI=1S/C9H7ClN2O4S/c10-8-3-7(2-1-6(8)4-11)12-17(15,16)5-9(13)14/h1-3,12H,5H2,(H,13,14). The molecule has 6 nitrogen and oxygen atoms in total. The van der Waals surface area contributed by atoms with E-state index in [4.69, 9.17) is 22.0 Å². The molecule has 8 heteroatoms. The van der Waals surface area contributed by atoms with E-state index in [9.17, 15) is 13.2 Å². The number of halogens is 1. The molecule has 1 aromatic rings. The highest BCUT2D eigenvalue weighted by molar-refractivity contribution is 7.93. The van der Waals surface area contributed by atoms with Crippen molar-refractivity contribution >= 4 is 33.3 Å². The molecule has 1 rings (SSSR count). The molecule has 17 heavy (non-hydrogen) atoms. The van der Waals surface area contributed by atoms with Crippen LogP contribution in [0, 0.1) is 11.3 Å². The van der Waals surface area contributed by atoms with Gasteiger partial charge in [0.2, 0.25) is 10.0 Å². The molecule has 0 spiro atoms. The van der Waals surface area contributed by atoms with Crippen LogP contribution in [0.4, 0.5) is 5.69 Å². The third-order valence-electron chi connectivity index (χ3n) is 1.68. The third-order valence-corrected chi connectivity index (χ3v) is 3.16. The Bertz CT molecular complexity index is 592. The lowest BCUT2D eigenvalue weighted by molar-refractivity contribution is -0.134. The first-order chi connectivity index (χ1) is 7.84. The molecule has 0 aliphatic rings. The number of hydrogen-bond acceptors (Lipinski definition) is 4. The van der Waals surface area contributed by atoms with E-state index in [2.05, 4.69) is 0 Å². The molecule has 0 aliphatic carbocycles. The van der Waals surface area contributed by atoms with Gasteiger partial charge < -0.3 is 5.11 Å². The van der Waals surface area contributed by atoms with E-state index in [1.807, 2.05) is 10.8 Å². The molecule has 0 unspecified atom stereocenters. The second-order valence-electron chi connectivity index (χ2n) is 3.06. The van der Waals surface area contributed by atoms with Crippen molar-refractivity contribution in [3.8, 4) is 6.07 Å². The number of benzene rings is 1. The fraction of sp³-hybridized carbons (Fsp3) is 0.111. The van der Waals surface area contributed by atoms with Gasteiger partial charge in [-0.05, 0) is 18.2 Å². The first kappa shape index (κ1) is 13.3. The van der Waals surface area contributed by atoms with Crippen molar-refractivity contribution in [3.05, 3.63) is 28.8 Å². The van der Waals surface area contributed by atoms with Gasteiger partial charge in [-0.2, -0.15) is 5.26 Å². The van der Waals surface area contributed by atoms with Crippen molar-refractivity contribution < 1.29 is 18.3 Å².